The van der Waals surface area contributed by atoms with Gasteiger partial charge < -0.3 is 9.88 Å². The molecule has 2 aromatic heterocycles. The first-order valence-electron chi connectivity index (χ1n) is 9.70. The van der Waals surface area contributed by atoms with Crippen LogP contribution in [0.5, 0.6) is 0 Å². The highest BCUT2D eigenvalue weighted by Crippen LogP contribution is 2.42. The average Bonchev–Trinajstić information content (AvgIpc) is 3.19. The van der Waals surface area contributed by atoms with Gasteiger partial charge in [0.1, 0.15) is 0 Å². The van der Waals surface area contributed by atoms with Crippen molar-refractivity contribution < 1.29 is 4.79 Å². The molecule has 2 aromatic rings. The number of carbonyl (C=O) groups excluding carboxylic acids is 1. The Bertz CT molecular complexity index is 803. The molecular weight excluding hydrogens is 376 g/mol. The first-order chi connectivity index (χ1) is 12.8. The number of carbonyl (C=O) groups is 1. The van der Waals surface area contributed by atoms with Crippen LogP contribution in [0.1, 0.15) is 51.0 Å². The van der Waals surface area contributed by atoms with E-state index in [2.05, 4.69) is 42.4 Å². The number of rotatable bonds is 6. The van der Waals surface area contributed by atoms with Gasteiger partial charge >= 0.3 is 0 Å². The fourth-order valence-corrected chi connectivity index (χ4v) is 5.44. The Balaban J connectivity index is 1.71. The molecule has 1 amide bonds. The van der Waals surface area contributed by atoms with Crippen molar-refractivity contribution in [2.45, 2.75) is 58.5 Å². The van der Waals surface area contributed by atoms with Gasteiger partial charge in [-0.1, -0.05) is 39.5 Å². The molecular formula is C20H30N4OS2. The number of hydrogen-bond donors (Lipinski definition) is 1. The molecule has 1 aliphatic rings. The van der Waals surface area contributed by atoms with Gasteiger partial charge in [-0.2, -0.15) is 0 Å². The van der Waals surface area contributed by atoms with E-state index in [9.17, 15) is 4.79 Å². The third-order valence-corrected chi connectivity index (χ3v) is 7.52. The molecule has 0 aliphatic heterocycles. The van der Waals surface area contributed by atoms with E-state index in [1.54, 1.807) is 0 Å². The third kappa shape index (κ3) is 4.74. The second-order valence-electron chi connectivity index (χ2n) is 8.37. The summed E-state index contributed by atoms with van der Waals surface area (Å²) in [6, 6.07) is 2.31. The van der Waals surface area contributed by atoms with Gasteiger partial charge in [0.25, 0.3) is 0 Å². The van der Waals surface area contributed by atoms with Gasteiger partial charge in [0.2, 0.25) is 5.91 Å². The maximum absolute atomic E-state index is 11.8. The molecule has 1 N–H and O–H groups in total. The molecule has 5 nitrogen and oxygen atoms in total. The Hall–Kier alpha value is -1.34. The number of hydrogen-bond acceptors (Lipinski definition) is 5. The van der Waals surface area contributed by atoms with E-state index in [0.29, 0.717) is 11.2 Å². The number of aromatic nitrogens is 3. The number of amides is 1. The van der Waals surface area contributed by atoms with Crippen molar-refractivity contribution in [2.24, 2.45) is 18.4 Å². The van der Waals surface area contributed by atoms with Crippen LogP contribution in [-0.2, 0) is 24.7 Å². The molecule has 3 rings (SSSR count). The van der Waals surface area contributed by atoms with Gasteiger partial charge in [0, 0.05) is 18.5 Å². The van der Waals surface area contributed by atoms with Gasteiger partial charge in [0.05, 0.1) is 10.6 Å². The topological polar surface area (TPSA) is 59.8 Å². The highest BCUT2D eigenvalue weighted by Gasteiger charge is 2.30. The number of thiophene rings is 1. The van der Waals surface area contributed by atoms with Crippen LogP contribution in [0.3, 0.4) is 0 Å². The van der Waals surface area contributed by atoms with Crippen LogP contribution in [0.2, 0.25) is 0 Å². The zero-order valence-corrected chi connectivity index (χ0v) is 18.6. The van der Waals surface area contributed by atoms with Crippen molar-refractivity contribution in [1.82, 2.24) is 20.1 Å². The summed E-state index contributed by atoms with van der Waals surface area (Å²) in [6.45, 7) is 9.81. The van der Waals surface area contributed by atoms with Crippen molar-refractivity contribution in [3.8, 4) is 10.7 Å². The maximum atomic E-state index is 11.8. The van der Waals surface area contributed by atoms with Crippen LogP contribution in [0.25, 0.3) is 10.7 Å². The third-order valence-electron chi connectivity index (χ3n) is 5.27. The van der Waals surface area contributed by atoms with E-state index in [0.717, 1.165) is 36.3 Å². The predicted molar refractivity (Wildman–Crippen MR) is 113 cm³/mol. The minimum absolute atomic E-state index is 0.0474. The first-order valence-corrected chi connectivity index (χ1v) is 11.5. The number of aryl methyl sites for hydroxylation is 1. The Morgan fingerprint density at radius 1 is 1.41 bits per heavy atom. The molecule has 0 unspecified atom stereocenters. The number of thioether (sulfide) groups is 1. The fourth-order valence-electron chi connectivity index (χ4n) is 3.47. The highest BCUT2D eigenvalue weighted by molar-refractivity contribution is 7.99. The van der Waals surface area contributed by atoms with E-state index < -0.39 is 0 Å². The standard InChI is InChI=1S/C20H30N4OS2/c1-6-9-21-17(25)12-26-19-23-22-18(24(19)5)16-11-13-10-14(20(2,3)4)7-8-15(13)27-16/h11,14H,6-10,12H2,1-5H3,(H,21,25)/t14-/m1/s1. The summed E-state index contributed by atoms with van der Waals surface area (Å²) in [6.07, 6.45) is 4.54. The molecule has 0 fully saturated rings. The van der Waals surface area contributed by atoms with Gasteiger partial charge in [0.15, 0.2) is 11.0 Å². The molecule has 0 aromatic carbocycles. The molecule has 2 heterocycles. The lowest BCUT2D eigenvalue weighted by Crippen LogP contribution is -2.26. The van der Waals surface area contributed by atoms with Crippen LogP contribution < -0.4 is 5.32 Å². The minimum Gasteiger partial charge on any atom is -0.355 e. The molecule has 7 heteroatoms. The summed E-state index contributed by atoms with van der Waals surface area (Å²) in [5, 5.41) is 12.4. The Morgan fingerprint density at radius 3 is 2.89 bits per heavy atom. The van der Waals surface area contributed by atoms with E-state index in [4.69, 9.17) is 0 Å². The smallest absolute Gasteiger partial charge is 0.230 e. The second-order valence-corrected chi connectivity index (χ2v) is 10.4. The van der Waals surface area contributed by atoms with Gasteiger partial charge in [-0.25, -0.2) is 0 Å². The Morgan fingerprint density at radius 2 is 2.19 bits per heavy atom. The molecule has 0 radical (unpaired) electrons. The maximum Gasteiger partial charge on any atom is 0.230 e. The second kappa shape index (κ2) is 8.35. The Kier molecular flexibility index (Phi) is 6.31. The van der Waals surface area contributed by atoms with Crippen LogP contribution in [-0.4, -0.2) is 33.0 Å². The normalized spacial score (nSPS) is 17.0. The van der Waals surface area contributed by atoms with Crippen LogP contribution in [0.15, 0.2) is 11.2 Å². The summed E-state index contributed by atoms with van der Waals surface area (Å²) in [7, 11) is 1.98. The first kappa shape index (κ1) is 20.4. The highest BCUT2D eigenvalue weighted by atomic mass is 32.2. The van der Waals surface area contributed by atoms with Gasteiger partial charge in [-0.3, -0.25) is 4.79 Å². The molecule has 0 bridgehead atoms. The van der Waals surface area contributed by atoms with Crippen molar-refractivity contribution in [3.05, 3.63) is 16.5 Å². The monoisotopic (exact) mass is 406 g/mol. The summed E-state index contributed by atoms with van der Waals surface area (Å²) < 4.78 is 2.01. The van der Waals surface area contributed by atoms with Crippen LogP contribution in [0.4, 0.5) is 0 Å². The molecule has 0 saturated heterocycles. The zero-order chi connectivity index (χ0) is 19.6. The van der Waals surface area contributed by atoms with E-state index in [1.807, 2.05) is 29.9 Å². The van der Waals surface area contributed by atoms with E-state index in [-0.39, 0.29) is 5.91 Å². The van der Waals surface area contributed by atoms with E-state index >= 15 is 0 Å². The minimum atomic E-state index is 0.0474. The van der Waals surface area contributed by atoms with Crippen molar-refractivity contribution in [1.29, 1.82) is 0 Å². The fraction of sp³-hybridized carbons (Fsp3) is 0.650. The SMILES string of the molecule is CCCNC(=O)CSc1nnc(-c2cc3c(s2)CC[C@@H](C(C)(C)C)C3)n1C. The number of fused-ring (bicyclic) bond motifs is 1. The van der Waals surface area contributed by atoms with Crippen molar-refractivity contribution in [3.63, 3.8) is 0 Å². The average molecular weight is 407 g/mol. The van der Waals surface area contributed by atoms with Gasteiger partial charge in [-0.15, -0.1) is 21.5 Å². The lowest BCUT2D eigenvalue weighted by molar-refractivity contribution is -0.118. The largest absolute Gasteiger partial charge is 0.355 e. The molecule has 27 heavy (non-hydrogen) atoms. The number of nitrogens with one attached hydrogen (secondary N) is 1. The lowest BCUT2D eigenvalue weighted by Gasteiger charge is -2.33. The van der Waals surface area contributed by atoms with Crippen molar-refractivity contribution in [2.75, 3.05) is 12.3 Å². The van der Waals surface area contributed by atoms with Gasteiger partial charge in [-0.05, 0) is 48.6 Å². The molecule has 1 atom stereocenters. The molecule has 0 saturated carbocycles. The van der Waals surface area contributed by atoms with Crippen LogP contribution >= 0.6 is 23.1 Å². The number of nitrogens with zero attached hydrogens (tertiary/aromatic N) is 3. The summed E-state index contributed by atoms with van der Waals surface area (Å²) in [5.74, 6) is 2.06. The summed E-state index contributed by atoms with van der Waals surface area (Å²) in [5.41, 5.74) is 1.84. The molecule has 1 aliphatic carbocycles. The predicted octanol–water partition coefficient (Wildman–Crippen LogP) is 4.31. The van der Waals surface area contributed by atoms with E-state index in [1.165, 1.54) is 39.9 Å². The van der Waals surface area contributed by atoms with Crippen LogP contribution in [0, 0.1) is 11.3 Å². The van der Waals surface area contributed by atoms with Crippen molar-refractivity contribution >= 4 is 29.0 Å². The Labute approximate surface area is 170 Å². The zero-order valence-electron chi connectivity index (χ0n) is 17.0. The lowest BCUT2D eigenvalue weighted by atomic mass is 9.72. The summed E-state index contributed by atoms with van der Waals surface area (Å²) in [4.78, 5) is 14.5. The molecule has 0 spiro atoms. The molecule has 148 valence electrons. The summed E-state index contributed by atoms with van der Waals surface area (Å²) >= 11 is 3.29. The quantitative estimate of drug-likeness (QED) is 0.726.